The highest BCUT2D eigenvalue weighted by molar-refractivity contribution is 9.10. The van der Waals surface area contributed by atoms with Crippen molar-refractivity contribution in [3.05, 3.63) is 34.3 Å². The van der Waals surface area contributed by atoms with Crippen LogP contribution in [-0.2, 0) is 0 Å². The molecule has 0 radical (unpaired) electrons. The van der Waals surface area contributed by atoms with Crippen molar-refractivity contribution < 1.29 is 0 Å². The lowest BCUT2D eigenvalue weighted by molar-refractivity contribution is 0.270. The van der Waals surface area contributed by atoms with Crippen LogP contribution in [0.25, 0.3) is 0 Å². The second kappa shape index (κ2) is 7.09. The van der Waals surface area contributed by atoms with Crippen LogP contribution in [0.3, 0.4) is 0 Å². The molecule has 3 rings (SSSR count). The molecule has 0 heterocycles. The normalized spacial score (nSPS) is 27.2. The van der Waals surface area contributed by atoms with Crippen LogP contribution in [0.5, 0.6) is 0 Å². The standard InChI is InChI=1S/C18H26BrN/c19-17-8-6-15(7-9-17)16-12-18(13-16)20-11-10-14-4-2-1-3-5-14/h6-9,14,16,18,20H,1-5,10-13H2. The van der Waals surface area contributed by atoms with Crippen LogP contribution in [0.2, 0.25) is 0 Å². The van der Waals surface area contributed by atoms with Gasteiger partial charge in [0.05, 0.1) is 0 Å². The monoisotopic (exact) mass is 335 g/mol. The molecule has 20 heavy (non-hydrogen) atoms. The first-order valence-electron chi connectivity index (χ1n) is 8.30. The lowest BCUT2D eigenvalue weighted by atomic mass is 9.76. The molecular formula is C18H26BrN. The van der Waals surface area contributed by atoms with Crippen molar-refractivity contribution in [2.75, 3.05) is 6.54 Å². The minimum absolute atomic E-state index is 0.771. The maximum absolute atomic E-state index is 3.77. The summed E-state index contributed by atoms with van der Waals surface area (Å²) in [5.74, 6) is 1.80. The van der Waals surface area contributed by atoms with Crippen LogP contribution in [0.15, 0.2) is 28.7 Å². The van der Waals surface area contributed by atoms with Crippen LogP contribution in [0, 0.1) is 5.92 Å². The van der Waals surface area contributed by atoms with Gasteiger partial charge in [-0.3, -0.25) is 0 Å². The Balaban J connectivity index is 1.33. The summed E-state index contributed by atoms with van der Waals surface area (Å²) in [7, 11) is 0. The highest BCUT2D eigenvalue weighted by Crippen LogP contribution is 2.37. The molecule has 0 saturated heterocycles. The highest BCUT2D eigenvalue weighted by Gasteiger charge is 2.29. The van der Waals surface area contributed by atoms with E-state index in [1.807, 2.05) is 0 Å². The molecule has 2 aliphatic rings. The van der Waals surface area contributed by atoms with Crippen molar-refractivity contribution in [2.24, 2.45) is 5.92 Å². The topological polar surface area (TPSA) is 12.0 Å². The third-order valence-corrected chi connectivity index (χ3v) is 5.72. The van der Waals surface area contributed by atoms with Gasteiger partial charge in [-0.15, -0.1) is 0 Å². The lowest BCUT2D eigenvalue weighted by Crippen LogP contribution is -2.40. The molecule has 2 heteroatoms. The number of halogens is 1. The van der Waals surface area contributed by atoms with Gasteiger partial charge in [0.2, 0.25) is 0 Å². The molecule has 0 aromatic heterocycles. The van der Waals surface area contributed by atoms with Gasteiger partial charge in [0, 0.05) is 10.5 Å². The molecule has 2 saturated carbocycles. The molecule has 0 aliphatic heterocycles. The van der Waals surface area contributed by atoms with Gasteiger partial charge in [0.25, 0.3) is 0 Å². The van der Waals surface area contributed by atoms with Crippen LogP contribution in [0.1, 0.15) is 62.8 Å². The molecule has 2 fully saturated rings. The van der Waals surface area contributed by atoms with E-state index in [2.05, 4.69) is 45.5 Å². The van der Waals surface area contributed by atoms with Crippen molar-refractivity contribution >= 4 is 15.9 Å². The third kappa shape index (κ3) is 3.85. The van der Waals surface area contributed by atoms with E-state index in [1.54, 1.807) is 0 Å². The maximum atomic E-state index is 3.77. The van der Waals surface area contributed by atoms with Crippen molar-refractivity contribution in [1.29, 1.82) is 0 Å². The zero-order valence-electron chi connectivity index (χ0n) is 12.3. The fourth-order valence-electron chi connectivity index (χ4n) is 3.76. The van der Waals surface area contributed by atoms with Crippen LogP contribution in [0.4, 0.5) is 0 Å². The van der Waals surface area contributed by atoms with E-state index in [-0.39, 0.29) is 0 Å². The summed E-state index contributed by atoms with van der Waals surface area (Å²) < 4.78 is 1.18. The van der Waals surface area contributed by atoms with Gasteiger partial charge in [0.15, 0.2) is 0 Å². The fraction of sp³-hybridized carbons (Fsp3) is 0.667. The van der Waals surface area contributed by atoms with Gasteiger partial charge < -0.3 is 5.32 Å². The molecule has 0 atom stereocenters. The van der Waals surface area contributed by atoms with Gasteiger partial charge >= 0.3 is 0 Å². The smallest absolute Gasteiger partial charge is 0.0175 e. The largest absolute Gasteiger partial charge is 0.314 e. The molecule has 1 aromatic carbocycles. The minimum Gasteiger partial charge on any atom is -0.314 e. The Morgan fingerprint density at radius 1 is 1.00 bits per heavy atom. The molecule has 1 N–H and O–H groups in total. The maximum Gasteiger partial charge on any atom is 0.0175 e. The quantitative estimate of drug-likeness (QED) is 0.774. The molecule has 0 amide bonds. The lowest BCUT2D eigenvalue weighted by Gasteiger charge is -2.37. The number of rotatable bonds is 5. The molecule has 0 bridgehead atoms. The van der Waals surface area contributed by atoms with Gasteiger partial charge in [0.1, 0.15) is 0 Å². The Morgan fingerprint density at radius 2 is 1.70 bits per heavy atom. The number of hydrogen-bond donors (Lipinski definition) is 1. The zero-order valence-corrected chi connectivity index (χ0v) is 13.9. The predicted octanol–water partition coefficient (Wildman–Crippen LogP) is 5.26. The molecule has 110 valence electrons. The third-order valence-electron chi connectivity index (χ3n) is 5.19. The van der Waals surface area contributed by atoms with E-state index >= 15 is 0 Å². The molecule has 0 unspecified atom stereocenters. The van der Waals surface area contributed by atoms with Gasteiger partial charge in [-0.2, -0.15) is 0 Å². The first-order chi connectivity index (χ1) is 9.81. The molecule has 2 aliphatic carbocycles. The van der Waals surface area contributed by atoms with E-state index in [4.69, 9.17) is 0 Å². The van der Waals surface area contributed by atoms with Crippen LogP contribution < -0.4 is 5.32 Å². The van der Waals surface area contributed by atoms with E-state index in [0.717, 1.165) is 17.9 Å². The van der Waals surface area contributed by atoms with Crippen LogP contribution >= 0.6 is 15.9 Å². The van der Waals surface area contributed by atoms with Crippen molar-refractivity contribution in [3.8, 4) is 0 Å². The number of benzene rings is 1. The molecule has 1 aromatic rings. The summed E-state index contributed by atoms with van der Waals surface area (Å²) >= 11 is 3.51. The summed E-state index contributed by atoms with van der Waals surface area (Å²) in [6.45, 7) is 1.24. The Morgan fingerprint density at radius 3 is 2.40 bits per heavy atom. The van der Waals surface area contributed by atoms with Gasteiger partial charge in [-0.25, -0.2) is 0 Å². The predicted molar refractivity (Wildman–Crippen MR) is 89.1 cm³/mol. The molecule has 0 spiro atoms. The van der Waals surface area contributed by atoms with Crippen LogP contribution in [-0.4, -0.2) is 12.6 Å². The fourth-order valence-corrected chi connectivity index (χ4v) is 4.02. The Bertz CT molecular complexity index is 402. The van der Waals surface area contributed by atoms with Gasteiger partial charge in [-0.05, 0) is 55.3 Å². The Hall–Kier alpha value is -0.340. The summed E-state index contributed by atoms with van der Waals surface area (Å²) in [6, 6.07) is 9.64. The SMILES string of the molecule is Brc1ccc(C2CC(NCCC3CCCCC3)C2)cc1. The van der Waals surface area contributed by atoms with Crippen molar-refractivity contribution in [2.45, 2.75) is 63.3 Å². The van der Waals surface area contributed by atoms with E-state index in [9.17, 15) is 0 Å². The molecular weight excluding hydrogens is 310 g/mol. The highest BCUT2D eigenvalue weighted by atomic mass is 79.9. The van der Waals surface area contributed by atoms with Crippen molar-refractivity contribution in [3.63, 3.8) is 0 Å². The van der Waals surface area contributed by atoms with E-state index in [1.165, 1.54) is 67.9 Å². The summed E-state index contributed by atoms with van der Waals surface area (Å²) in [6.07, 6.45) is 11.4. The Kier molecular flexibility index (Phi) is 5.17. The number of hydrogen-bond acceptors (Lipinski definition) is 1. The summed E-state index contributed by atoms with van der Waals surface area (Å²) in [5, 5.41) is 3.77. The first kappa shape index (κ1) is 14.6. The average Bonchev–Trinajstić information content (AvgIpc) is 2.44. The zero-order chi connectivity index (χ0) is 13.8. The first-order valence-corrected chi connectivity index (χ1v) is 9.09. The minimum atomic E-state index is 0.771. The van der Waals surface area contributed by atoms with Crippen molar-refractivity contribution in [1.82, 2.24) is 5.32 Å². The second-order valence-electron chi connectivity index (χ2n) is 6.66. The number of nitrogens with one attached hydrogen (secondary N) is 1. The summed E-state index contributed by atoms with van der Waals surface area (Å²) in [4.78, 5) is 0. The second-order valence-corrected chi connectivity index (χ2v) is 7.58. The van der Waals surface area contributed by atoms with E-state index < -0.39 is 0 Å². The van der Waals surface area contributed by atoms with E-state index in [0.29, 0.717) is 0 Å². The Labute approximate surface area is 131 Å². The average molecular weight is 336 g/mol. The summed E-state index contributed by atoms with van der Waals surface area (Å²) in [5.41, 5.74) is 1.51. The van der Waals surface area contributed by atoms with Gasteiger partial charge in [-0.1, -0.05) is 60.2 Å². The molecule has 1 nitrogen and oxygen atoms in total.